The lowest BCUT2D eigenvalue weighted by molar-refractivity contribution is 0.312. The summed E-state index contributed by atoms with van der Waals surface area (Å²) < 4.78 is 0. The first kappa shape index (κ1) is 17.3. The van der Waals surface area contributed by atoms with Crippen LogP contribution in [-0.2, 0) is 0 Å². The minimum Gasteiger partial charge on any atom is -0.0856 e. The van der Waals surface area contributed by atoms with Crippen LogP contribution in [-0.4, -0.2) is 0 Å². The van der Waals surface area contributed by atoms with Crippen molar-refractivity contribution in [2.24, 2.45) is 11.8 Å². The third kappa shape index (κ3) is 7.12. The highest BCUT2D eigenvalue weighted by molar-refractivity contribution is 5.04. The Morgan fingerprint density at radius 1 is 1.25 bits per heavy atom. The molecule has 0 heterocycles. The second-order valence-electron chi connectivity index (χ2n) is 7.01. The van der Waals surface area contributed by atoms with E-state index in [0.717, 1.165) is 11.8 Å². The lowest BCUT2D eigenvalue weighted by Gasteiger charge is -2.26. The molecule has 0 N–H and O–H groups in total. The molecule has 0 aromatic heterocycles. The van der Waals surface area contributed by atoms with Gasteiger partial charge >= 0.3 is 0 Å². The SMILES string of the molecule is CC(C)=CCC/C(C)=C/CC[C@H](C)[C@@H]1CC=C(C)CC1. The highest BCUT2D eigenvalue weighted by Gasteiger charge is 2.18. The van der Waals surface area contributed by atoms with Gasteiger partial charge in [0.15, 0.2) is 0 Å². The summed E-state index contributed by atoms with van der Waals surface area (Å²) in [5, 5.41) is 0. The van der Waals surface area contributed by atoms with Crippen molar-refractivity contribution in [1.29, 1.82) is 0 Å². The Labute approximate surface area is 127 Å². The van der Waals surface area contributed by atoms with Gasteiger partial charge in [0.05, 0.1) is 0 Å². The van der Waals surface area contributed by atoms with Crippen LogP contribution in [0.4, 0.5) is 0 Å². The van der Waals surface area contributed by atoms with Crippen molar-refractivity contribution >= 4 is 0 Å². The molecule has 0 amide bonds. The maximum atomic E-state index is 2.47. The predicted molar refractivity (Wildman–Crippen MR) is 91.9 cm³/mol. The molecule has 1 aliphatic carbocycles. The summed E-state index contributed by atoms with van der Waals surface area (Å²) in [6.45, 7) is 11.4. The van der Waals surface area contributed by atoms with Crippen LogP contribution in [0, 0.1) is 11.8 Å². The van der Waals surface area contributed by atoms with E-state index < -0.39 is 0 Å². The molecule has 0 saturated heterocycles. The van der Waals surface area contributed by atoms with Gasteiger partial charge in [0.1, 0.15) is 0 Å². The maximum absolute atomic E-state index is 2.47. The zero-order valence-electron chi connectivity index (χ0n) is 14.3. The summed E-state index contributed by atoms with van der Waals surface area (Å²) >= 11 is 0. The van der Waals surface area contributed by atoms with Gasteiger partial charge in [-0.1, -0.05) is 41.9 Å². The van der Waals surface area contributed by atoms with E-state index in [0.29, 0.717) is 0 Å². The zero-order chi connectivity index (χ0) is 15.0. The van der Waals surface area contributed by atoms with E-state index >= 15 is 0 Å². The molecule has 0 heteroatoms. The van der Waals surface area contributed by atoms with Gasteiger partial charge in [0, 0.05) is 0 Å². The fourth-order valence-electron chi connectivity index (χ4n) is 3.02. The largest absolute Gasteiger partial charge is 0.0856 e. The number of allylic oxidation sites excluding steroid dienone is 6. The molecule has 0 saturated carbocycles. The van der Waals surface area contributed by atoms with Gasteiger partial charge in [0.2, 0.25) is 0 Å². The van der Waals surface area contributed by atoms with Crippen LogP contribution in [0.1, 0.15) is 79.6 Å². The van der Waals surface area contributed by atoms with Crippen molar-refractivity contribution in [3.8, 4) is 0 Å². The Morgan fingerprint density at radius 2 is 2.00 bits per heavy atom. The molecule has 0 aromatic rings. The molecule has 0 nitrogen and oxygen atoms in total. The molecule has 0 bridgehead atoms. The summed E-state index contributed by atoms with van der Waals surface area (Å²) in [5.41, 5.74) is 4.60. The highest BCUT2D eigenvalue weighted by Crippen LogP contribution is 2.31. The van der Waals surface area contributed by atoms with Gasteiger partial charge in [-0.2, -0.15) is 0 Å². The summed E-state index contributed by atoms with van der Waals surface area (Å²) in [6, 6.07) is 0. The molecule has 114 valence electrons. The Hall–Kier alpha value is -0.780. The minimum atomic E-state index is 0.876. The monoisotopic (exact) mass is 274 g/mol. The van der Waals surface area contributed by atoms with E-state index in [1.54, 1.807) is 11.1 Å². The number of rotatable bonds is 7. The molecule has 0 aromatic carbocycles. The molecule has 1 aliphatic rings. The van der Waals surface area contributed by atoms with Crippen LogP contribution in [0.25, 0.3) is 0 Å². The van der Waals surface area contributed by atoms with Gasteiger partial charge in [-0.05, 0) is 84.5 Å². The number of hydrogen-bond acceptors (Lipinski definition) is 0. The second kappa shape index (κ2) is 9.21. The first-order valence-electron chi connectivity index (χ1n) is 8.43. The molecule has 0 spiro atoms. The maximum Gasteiger partial charge on any atom is -0.0288 e. The van der Waals surface area contributed by atoms with Gasteiger partial charge in [-0.15, -0.1) is 0 Å². The van der Waals surface area contributed by atoms with Crippen molar-refractivity contribution in [2.45, 2.75) is 79.6 Å². The Balaban J connectivity index is 2.23. The molecular weight excluding hydrogens is 240 g/mol. The fourth-order valence-corrected chi connectivity index (χ4v) is 3.02. The van der Waals surface area contributed by atoms with Crippen LogP contribution in [0.5, 0.6) is 0 Å². The predicted octanol–water partition coefficient (Wildman–Crippen LogP) is 6.84. The fraction of sp³-hybridized carbons (Fsp3) is 0.700. The van der Waals surface area contributed by atoms with Crippen LogP contribution < -0.4 is 0 Å². The smallest absolute Gasteiger partial charge is 0.0288 e. The molecule has 0 unspecified atom stereocenters. The zero-order valence-corrected chi connectivity index (χ0v) is 14.3. The lowest BCUT2D eigenvalue weighted by atomic mass is 9.80. The number of hydrogen-bond donors (Lipinski definition) is 0. The third-order valence-corrected chi connectivity index (χ3v) is 4.69. The topological polar surface area (TPSA) is 0 Å². The van der Waals surface area contributed by atoms with Crippen molar-refractivity contribution in [3.63, 3.8) is 0 Å². The Morgan fingerprint density at radius 3 is 2.60 bits per heavy atom. The Kier molecular flexibility index (Phi) is 7.95. The molecule has 1 rings (SSSR count). The minimum absolute atomic E-state index is 0.876. The van der Waals surface area contributed by atoms with Crippen LogP contribution in [0.3, 0.4) is 0 Å². The van der Waals surface area contributed by atoms with Gasteiger partial charge in [-0.25, -0.2) is 0 Å². The standard InChI is InChI=1S/C20H34/c1-16(2)8-6-9-17(3)10-7-11-19(5)20-14-12-18(4)13-15-20/h8,10,12,19-20H,6-7,9,11,13-15H2,1-5H3/b17-10+/t19-,20+/m0/s1. The van der Waals surface area contributed by atoms with E-state index in [1.165, 1.54) is 50.5 Å². The molecule has 2 atom stereocenters. The van der Waals surface area contributed by atoms with Crippen LogP contribution >= 0.6 is 0 Å². The summed E-state index contributed by atoms with van der Waals surface area (Å²) in [4.78, 5) is 0. The van der Waals surface area contributed by atoms with Gasteiger partial charge < -0.3 is 0 Å². The second-order valence-corrected chi connectivity index (χ2v) is 7.01. The molecular formula is C20H34. The van der Waals surface area contributed by atoms with Gasteiger partial charge in [0.25, 0.3) is 0 Å². The summed E-state index contributed by atoms with van der Waals surface area (Å²) in [7, 11) is 0. The first-order chi connectivity index (χ1) is 9.49. The Bertz CT molecular complexity index is 363. The van der Waals surface area contributed by atoms with Crippen LogP contribution in [0.15, 0.2) is 34.9 Å². The van der Waals surface area contributed by atoms with E-state index in [4.69, 9.17) is 0 Å². The van der Waals surface area contributed by atoms with Crippen molar-refractivity contribution < 1.29 is 0 Å². The van der Waals surface area contributed by atoms with Crippen molar-refractivity contribution in [1.82, 2.24) is 0 Å². The van der Waals surface area contributed by atoms with Crippen molar-refractivity contribution in [2.75, 3.05) is 0 Å². The lowest BCUT2D eigenvalue weighted by Crippen LogP contribution is -2.14. The van der Waals surface area contributed by atoms with E-state index in [2.05, 4.69) is 52.8 Å². The first-order valence-corrected chi connectivity index (χ1v) is 8.43. The molecule has 0 aliphatic heterocycles. The molecule has 0 radical (unpaired) electrons. The quantitative estimate of drug-likeness (QED) is 0.446. The van der Waals surface area contributed by atoms with Crippen molar-refractivity contribution in [3.05, 3.63) is 34.9 Å². The van der Waals surface area contributed by atoms with E-state index in [-0.39, 0.29) is 0 Å². The average Bonchev–Trinajstić information content (AvgIpc) is 2.39. The third-order valence-electron chi connectivity index (χ3n) is 4.69. The average molecular weight is 274 g/mol. The molecule has 0 fully saturated rings. The summed E-state index contributed by atoms with van der Waals surface area (Å²) in [5.74, 6) is 1.80. The van der Waals surface area contributed by atoms with E-state index in [1.807, 2.05) is 0 Å². The molecule has 20 heavy (non-hydrogen) atoms. The highest BCUT2D eigenvalue weighted by atomic mass is 14.2. The van der Waals surface area contributed by atoms with Crippen LogP contribution in [0.2, 0.25) is 0 Å². The van der Waals surface area contributed by atoms with Gasteiger partial charge in [-0.3, -0.25) is 0 Å². The normalized spacial score (nSPS) is 21.4. The summed E-state index contributed by atoms with van der Waals surface area (Å²) in [6.07, 6.45) is 16.4. The van der Waals surface area contributed by atoms with E-state index in [9.17, 15) is 0 Å².